The molecule has 1 heterocycles. The van der Waals surface area contributed by atoms with E-state index in [9.17, 15) is 9.59 Å². The van der Waals surface area contributed by atoms with Crippen molar-refractivity contribution in [3.05, 3.63) is 59.2 Å². The number of hydrogen-bond donors (Lipinski definition) is 1. The molecule has 1 fully saturated rings. The van der Waals surface area contributed by atoms with Gasteiger partial charge in [0.05, 0.1) is 11.3 Å². The zero-order chi connectivity index (χ0) is 20.9. The second-order valence-corrected chi connectivity index (χ2v) is 8.29. The molecule has 1 saturated heterocycles. The average molecular weight is 407 g/mol. The number of fused-ring (bicyclic) bond motifs is 1. The van der Waals surface area contributed by atoms with Crippen LogP contribution in [-0.4, -0.2) is 35.9 Å². The summed E-state index contributed by atoms with van der Waals surface area (Å²) in [5, 5.41) is 2.90. The SMILES string of the molecule is C[C@@H](Oc1ccc2c(c1)CCCC2)C(=O)Nc1ccccc1C(=O)N1CCCCC1. The van der Waals surface area contributed by atoms with Gasteiger partial charge in [0.25, 0.3) is 11.8 Å². The highest BCUT2D eigenvalue weighted by Gasteiger charge is 2.23. The number of nitrogens with one attached hydrogen (secondary N) is 1. The van der Waals surface area contributed by atoms with E-state index in [0.29, 0.717) is 11.3 Å². The maximum Gasteiger partial charge on any atom is 0.265 e. The van der Waals surface area contributed by atoms with Crippen molar-refractivity contribution in [2.24, 2.45) is 0 Å². The summed E-state index contributed by atoms with van der Waals surface area (Å²) in [4.78, 5) is 27.6. The molecule has 4 rings (SSSR count). The van der Waals surface area contributed by atoms with Crippen LogP contribution in [0.25, 0.3) is 0 Å². The first-order valence-corrected chi connectivity index (χ1v) is 11.1. The topological polar surface area (TPSA) is 58.6 Å². The van der Waals surface area contributed by atoms with E-state index in [1.54, 1.807) is 19.1 Å². The van der Waals surface area contributed by atoms with Crippen molar-refractivity contribution in [3.8, 4) is 5.75 Å². The van der Waals surface area contributed by atoms with Crippen LogP contribution in [0, 0.1) is 0 Å². The molecule has 2 amide bonds. The molecule has 1 aliphatic carbocycles. The van der Waals surface area contributed by atoms with Crippen LogP contribution >= 0.6 is 0 Å². The first-order chi connectivity index (χ1) is 14.6. The number of rotatable bonds is 5. The maximum atomic E-state index is 12.9. The van der Waals surface area contributed by atoms with Gasteiger partial charge in [-0.2, -0.15) is 0 Å². The molecule has 1 aliphatic heterocycles. The molecular weight excluding hydrogens is 376 g/mol. The Hall–Kier alpha value is -2.82. The number of hydrogen-bond acceptors (Lipinski definition) is 3. The van der Waals surface area contributed by atoms with E-state index in [1.165, 1.54) is 30.4 Å². The quantitative estimate of drug-likeness (QED) is 0.790. The fraction of sp³-hybridized carbons (Fsp3) is 0.440. The third-order valence-electron chi connectivity index (χ3n) is 6.06. The third-order valence-corrected chi connectivity index (χ3v) is 6.06. The molecule has 5 nitrogen and oxygen atoms in total. The minimum atomic E-state index is -0.662. The van der Waals surface area contributed by atoms with Gasteiger partial charge in [-0.25, -0.2) is 0 Å². The fourth-order valence-electron chi connectivity index (χ4n) is 4.32. The van der Waals surface area contributed by atoms with E-state index in [2.05, 4.69) is 17.4 Å². The minimum absolute atomic E-state index is 0.0196. The van der Waals surface area contributed by atoms with E-state index < -0.39 is 6.10 Å². The molecule has 158 valence electrons. The van der Waals surface area contributed by atoms with E-state index >= 15 is 0 Å². The van der Waals surface area contributed by atoms with Crippen molar-refractivity contribution >= 4 is 17.5 Å². The van der Waals surface area contributed by atoms with E-state index in [1.807, 2.05) is 23.1 Å². The molecule has 0 bridgehead atoms. The van der Waals surface area contributed by atoms with Crippen molar-refractivity contribution in [2.45, 2.75) is 58.0 Å². The molecule has 0 saturated carbocycles. The Bertz CT molecular complexity index is 918. The van der Waals surface area contributed by atoms with Gasteiger partial charge >= 0.3 is 0 Å². The van der Waals surface area contributed by atoms with Gasteiger partial charge in [-0.1, -0.05) is 18.2 Å². The fourth-order valence-corrected chi connectivity index (χ4v) is 4.32. The summed E-state index contributed by atoms with van der Waals surface area (Å²) in [7, 11) is 0. The van der Waals surface area contributed by atoms with Crippen LogP contribution in [0.1, 0.15) is 60.5 Å². The highest BCUT2D eigenvalue weighted by atomic mass is 16.5. The predicted molar refractivity (Wildman–Crippen MR) is 118 cm³/mol. The van der Waals surface area contributed by atoms with Gasteiger partial charge in [-0.15, -0.1) is 0 Å². The van der Waals surface area contributed by atoms with Crippen LogP contribution in [0.2, 0.25) is 0 Å². The van der Waals surface area contributed by atoms with Crippen molar-refractivity contribution < 1.29 is 14.3 Å². The Morgan fingerprint density at radius 2 is 1.67 bits per heavy atom. The maximum absolute atomic E-state index is 12.9. The molecule has 2 aromatic carbocycles. The number of para-hydroxylation sites is 1. The smallest absolute Gasteiger partial charge is 0.265 e. The van der Waals surface area contributed by atoms with Crippen LogP contribution in [0.3, 0.4) is 0 Å². The highest BCUT2D eigenvalue weighted by Crippen LogP contribution is 2.26. The summed E-state index contributed by atoms with van der Waals surface area (Å²) >= 11 is 0. The third kappa shape index (κ3) is 4.66. The van der Waals surface area contributed by atoms with E-state index in [4.69, 9.17) is 4.74 Å². The monoisotopic (exact) mass is 406 g/mol. The molecule has 30 heavy (non-hydrogen) atoms. The number of carbonyl (C=O) groups is 2. The van der Waals surface area contributed by atoms with Crippen LogP contribution in [0.4, 0.5) is 5.69 Å². The number of anilines is 1. The lowest BCUT2D eigenvalue weighted by Crippen LogP contribution is -2.36. The summed E-state index contributed by atoms with van der Waals surface area (Å²) in [5.41, 5.74) is 3.78. The predicted octanol–water partition coefficient (Wildman–Crippen LogP) is 4.60. The molecule has 1 atom stereocenters. The molecule has 0 aromatic heterocycles. The first-order valence-electron chi connectivity index (χ1n) is 11.1. The molecule has 2 aromatic rings. The Labute approximate surface area is 178 Å². The van der Waals surface area contributed by atoms with Crippen LogP contribution in [0.5, 0.6) is 5.75 Å². The Morgan fingerprint density at radius 3 is 2.47 bits per heavy atom. The number of nitrogens with zero attached hydrogens (tertiary/aromatic N) is 1. The Morgan fingerprint density at radius 1 is 0.933 bits per heavy atom. The van der Waals surface area contributed by atoms with Crippen LogP contribution < -0.4 is 10.1 Å². The lowest BCUT2D eigenvalue weighted by Gasteiger charge is -2.27. The number of piperidine rings is 1. The summed E-state index contributed by atoms with van der Waals surface area (Å²) < 4.78 is 5.92. The zero-order valence-electron chi connectivity index (χ0n) is 17.7. The number of benzene rings is 2. The van der Waals surface area contributed by atoms with Crippen molar-refractivity contribution in [3.63, 3.8) is 0 Å². The Balaban J connectivity index is 1.43. The lowest BCUT2D eigenvalue weighted by molar-refractivity contribution is -0.122. The highest BCUT2D eigenvalue weighted by molar-refractivity contribution is 6.04. The van der Waals surface area contributed by atoms with Crippen molar-refractivity contribution in [2.75, 3.05) is 18.4 Å². The van der Waals surface area contributed by atoms with Gasteiger partial charge < -0.3 is 15.0 Å². The summed E-state index contributed by atoms with van der Waals surface area (Å²) in [6.45, 7) is 3.29. The van der Waals surface area contributed by atoms with Crippen LogP contribution in [0.15, 0.2) is 42.5 Å². The van der Waals surface area contributed by atoms with Gasteiger partial charge in [-0.3, -0.25) is 9.59 Å². The Kier molecular flexibility index (Phi) is 6.36. The van der Waals surface area contributed by atoms with Gasteiger partial charge in [0.2, 0.25) is 0 Å². The minimum Gasteiger partial charge on any atom is -0.481 e. The van der Waals surface area contributed by atoms with Crippen LogP contribution in [-0.2, 0) is 17.6 Å². The van der Waals surface area contributed by atoms with Crippen molar-refractivity contribution in [1.29, 1.82) is 0 Å². The summed E-state index contributed by atoms with van der Waals surface area (Å²) in [6, 6.07) is 13.3. The number of ether oxygens (including phenoxy) is 1. The number of aryl methyl sites for hydroxylation is 2. The van der Waals surface area contributed by atoms with Gasteiger partial charge in [-0.05, 0) is 87.3 Å². The second-order valence-electron chi connectivity index (χ2n) is 8.29. The molecule has 2 aliphatic rings. The van der Waals surface area contributed by atoms with E-state index in [0.717, 1.165) is 44.5 Å². The number of carbonyl (C=O) groups excluding carboxylic acids is 2. The van der Waals surface area contributed by atoms with Crippen molar-refractivity contribution in [1.82, 2.24) is 4.90 Å². The first kappa shape index (κ1) is 20.5. The molecule has 0 unspecified atom stereocenters. The zero-order valence-corrected chi connectivity index (χ0v) is 17.7. The molecule has 1 N–H and O–H groups in total. The lowest BCUT2D eigenvalue weighted by atomic mass is 9.92. The van der Waals surface area contributed by atoms with Gasteiger partial charge in [0, 0.05) is 13.1 Å². The second kappa shape index (κ2) is 9.33. The standard InChI is InChI=1S/C25H30N2O3/c1-18(30-21-14-13-19-9-3-4-10-20(19)17-21)24(28)26-23-12-6-5-11-22(23)25(29)27-15-7-2-8-16-27/h5-6,11-14,17-18H,2-4,7-10,15-16H2,1H3,(H,26,28)/t18-/m1/s1. The van der Waals surface area contributed by atoms with Gasteiger partial charge in [0.15, 0.2) is 6.10 Å². The molecule has 0 spiro atoms. The average Bonchev–Trinajstić information content (AvgIpc) is 2.79. The summed E-state index contributed by atoms with van der Waals surface area (Å²) in [6.07, 6.45) is 7.20. The molecule has 5 heteroatoms. The van der Waals surface area contributed by atoms with E-state index in [-0.39, 0.29) is 11.8 Å². The normalized spacial score (nSPS) is 17.0. The largest absolute Gasteiger partial charge is 0.481 e. The summed E-state index contributed by atoms with van der Waals surface area (Å²) in [5.74, 6) is 0.441. The molecular formula is C25H30N2O3. The number of likely N-dealkylation sites (tertiary alicyclic amines) is 1. The molecule has 0 radical (unpaired) electrons. The van der Waals surface area contributed by atoms with Gasteiger partial charge in [0.1, 0.15) is 5.75 Å². The number of amides is 2.